The van der Waals surface area contributed by atoms with Gasteiger partial charge in [0.05, 0.1) is 26.4 Å². The summed E-state index contributed by atoms with van der Waals surface area (Å²) in [7, 11) is 0. The fourth-order valence-electron chi connectivity index (χ4n) is 5.16. The van der Waals surface area contributed by atoms with E-state index in [-0.39, 0.29) is 6.61 Å². The third-order valence-electron chi connectivity index (χ3n) is 7.72. The lowest BCUT2D eigenvalue weighted by Gasteiger charge is -2.29. The first-order valence-corrected chi connectivity index (χ1v) is 16.5. The number of allylic oxidation sites excluding steroid dienone is 1. The lowest BCUT2D eigenvalue weighted by Crippen LogP contribution is -2.42. The van der Waals surface area contributed by atoms with Crippen LogP contribution in [-0.2, 0) is 34.0 Å². The van der Waals surface area contributed by atoms with Crippen molar-refractivity contribution < 1.29 is 19.3 Å². The van der Waals surface area contributed by atoms with Crippen molar-refractivity contribution in [1.82, 2.24) is 0 Å². The Bertz CT molecular complexity index is 1070. The van der Waals surface area contributed by atoms with E-state index in [0.29, 0.717) is 19.8 Å². The summed E-state index contributed by atoms with van der Waals surface area (Å²) in [6.45, 7) is 3.70. The van der Waals surface area contributed by atoms with Gasteiger partial charge in [0.15, 0.2) is 0 Å². The quantitative estimate of drug-likeness (QED) is 0.0839. The molecule has 3 aromatic carbocycles. The Morgan fingerprint density at radius 3 is 1.58 bits per heavy atom. The highest BCUT2D eigenvalue weighted by atomic mass is 16.6. The van der Waals surface area contributed by atoms with Crippen LogP contribution in [0.25, 0.3) is 0 Å². The molecule has 4 nitrogen and oxygen atoms in total. The lowest BCUT2D eigenvalue weighted by atomic mass is 10.0. The van der Waals surface area contributed by atoms with Gasteiger partial charge in [0, 0.05) is 0 Å². The van der Waals surface area contributed by atoms with Gasteiger partial charge in [-0.05, 0) is 29.5 Å². The minimum absolute atomic E-state index is 0.159. The van der Waals surface area contributed by atoms with Crippen LogP contribution in [0.3, 0.4) is 0 Å². The van der Waals surface area contributed by atoms with Gasteiger partial charge in [-0.3, -0.25) is 0 Å². The van der Waals surface area contributed by atoms with Crippen molar-refractivity contribution in [2.45, 2.75) is 116 Å². The third-order valence-corrected chi connectivity index (χ3v) is 7.72. The number of ether oxygens (including phenoxy) is 3. The zero-order valence-corrected chi connectivity index (χ0v) is 26.3. The molecule has 0 amide bonds. The van der Waals surface area contributed by atoms with E-state index in [1.54, 1.807) is 0 Å². The molecule has 4 heteroatoms. The van der Waals surface area contributed by atoms with Crippen molar-refractivity contribution in [1.29, 1.82) is 0 Å². The van der Waals surface area contributed by atoms with Crippen LogP contribution < -0.4 is 0 Å². The molecule has 43 heavy (non-hydrogen) atoms. The molecule has 0 aliphatic rings. The number of hydrogen-bond donors (Lipinski definition) is 1. The second kappa shape index (κ2) is 22.7. The largest absolute Gasteiger partial charge is 0.388 e. The minimum atomic E-state index is -0.852. The van der Waals surface area contributed by atoms with Crippen molar-refractivity contribution >= 4 is 0 Å². The van der Waals surface area contributed by atoms with Crippen molar-refractivity contribution in [3.8, 4) is 0 Å². The maximum atomic E-state index is 11.4. The molecular weight excluding hydrogens is 532 g/mol. The number of aliphatic hydroxyl groups excluding tert-OH is 1. The molecule has 0 saturated carbocycles. The number of unbranched alkanes of at least 4 members (excludes halogenated alkanes) is 10. The molecule has 0 spiro atoms. The predicted octanol–water partition coefficient (Wildman–Crippen LogP) is 9.60. The summed E-state index contributed by atoms with van der Waals surface area (Å²) in [6.07, 6.45) is 16.7. The molecule has 0 aliphatic carbocycles. The van der Waals surface area contributed by atoms with Crippen molar-refractivity contribution in [2.75, 3.05) is 6.61 Å². The van der Waals surface area contributed by atoms with Gasteiger partial charge in [0.25, 0.3) is 0 Å². The predicted molar refractivity (Wildman–Crippen MR) is 178 cm³/mol. The molecule has 0 radical (unpaired) electrons. The van der Waals surface area contributed by atoms with Gasteiger partial charge in [-0.1, -0.05) is 168 Å². The molecule has 234 valence electrons. The normalized spacial score (nSPS) is 13.7. The minimum Gasteiger partial charge on any atom is -0.388 e. The lowest BCUT2D eigenvalue weighted by molar-refractivity contribution is -0.133. The summed E-state index contributed by atoms with van der Waals surface area (Å²) in [6, 6.07) is 30.3. The second-order valence-electron chi connectivity index (χ2n) is 11.5. The second-order valence-corrected chi connectivity index (χ2v) is 11.5. The van der Waals surface area contributed by atoms with Gasteiger partial charge in [0.1, 0.15) is 18.3 Å². The first kappa shape index (κ1) is 34.7. The molecule has 0 unspecified atom stereocenters. The zero-order chi connectivity index (χ0) is 30.2. The van der Waals surface area contributed by atoms with Crippen LogP contribution in [-0.4, -0.2) is 30.0 Å². The fourth-order valence-corrected chi connectivity index (χ4v) is 5.16. The molecule has 0 heterocycles. The smallest absolute Gasteiger partial charge is 0.116 e. The van der Waals surface area contributed by atoms with E-state index < -0.39 is 18.3 Å². The summed E-state index contributed by atoms with van der Waals surface area (Å²) >= 11 is 0. The Morgan fingerprint density at radius 2 is 1.05 bits per heavy atom. The van der Waals surface area contributed by atoms with E-state index in [0.717, 1.165) is 29.5 Å². The molecule has 0 saturated heterocycles. The van der Waals surface area contributed by atoms with Crippen LogP contribution in [0.5, 0.6) is 0 Å². The topological polar surface area (TPSA) is 47.9 Å². The molecule has 0 fully saturated rings. The molecule has 0 aromatic heterocycles. The number of hydrogen-bond acceptors (Lipinski definition) is 4. The maximum absolute atomic E-state index is 11.4. The average molecular weight is 587 g/mol. The van der Waals surface area contributed by atoms with Crippen molar-refractivity contribution in [3.63, 3.8) is 0 Å². The van der Waals surface area contributed by atoms with Gasteiger partial charge in [-0.15, -0.1) is 0 Å². The molecular formula is C39H54O4. The summed E-state index contributed by atoms with van der Waals surface area (Å²) in [5, 5.41) is 11.4. The van der Waals surface area contributed by atoms with Crippen LogP contribution in [0.4, 0.5) is 0 Å². The van der Waals surface area contributed by atoms with E-state index in [2.05, 4.69) is 31.2 Å². The van der Waals surface area contributed by atoms with E-state index in [4.69, 9.17) is 14.2 Å². The van der Waals surface area contributed by atoms with Crippen LogP contribution in [0.15, 0.2) is 103 Å². The summed E-state index contributed by atoms with van der Waals surface area (Å²) in [4.78, 5) is 0. The van der Waals surface area contributed by atoms with Gasteiger partial charge in [-0.2, -0.15) is 0 Å². The molecule has 3 atom stereocenters. The summed E-state index contributed by atoms with van der Waals surface area (Å²) in [5.74, 6) is 0. The van der Waals surface area contributed by atoms with Crippen molar-refractivity contribution in [2.24, 2.45) is 0 Å². The van der Waals surface area contributed by atoms with E-state index in [9.17, 15) is 5.11 Å². The highest BCUT2D eigenvalue weighted by Crippen LogP contribution is 2.18. The Labute approximate surface area is 261 Å². The zero-order valence-electron chi connectivity index (χ0n) is 26.3. The van der Waals surface area contributed by atoms with Crippen LogP contribution in [0.2, 0.25) is 0 Å². The van der Waals surface area contributed by atoms with E-state index >= 15 is 0 Å². The van der Waals surface area contributed by atoms with Crippen molar-refractivity contribution in [3.05, 3.63) is 120 Å². The van der Waals surface area contributed by atoms with Crippen LogP contribution in [0.1, 0.15) is 94.2 Å². The van der Waals surface area contributed by atoms with Gasteiger partial charge < -0.3 is 19.3 Å². The van der Waals surface area contributed by atoms with Crippen LogP contribution >= 0.6 is 0 Å². The highest BCUT2D eigenvalue weighted by Gasteiger charge is 2.29. The average Bonchev–Trinajstić information content (AvgIpc) is 3.05. The monoisotopic (exact) mass is 586 g/mol. The first-order chi connectivity index (χ1) is 21.3. The molecule has 1 N–H and O–H groups in total. The maximum Gasteiger partial charge on any atom is 0.116 e. The molecule has 0 aliphatic heterocycles. The molecule has 3 aromatic rings. The molecule has 3 rings (SSSR count). The van der Waals surface area contributed by atoms with Gasteiger partial charge in [0.2, 0.25) is 0 Å². The Morgan fingerprint density at radius 1 is 0.581 bits per heavy atom. The standard InChI is InChI=1S/C39H54O4/c1-2-3-4-5-6-7-8-9-10-11-12-22-29-38(42-31-35-25-18-14-19-26-35)39(43-32-36-27-20-15-21-28-36)37(40)33-41-30-34-23-16-13-17-24-34/h13-29,37-40H,2-12,30-33H2,1H3/b29-22+/t37-,38-,39+/m1/s1. The fraction of sp³-hybridized carbons (Fsp3) is 0.487. The SMILES string of the molecule is CCCCCCCCCCCC/C=C/[C@@H](OCc1ccccc1)[C@@H](OCc1ccccc1)[C@H](O)COCc1ccccc1. The third kappa shape index (κ3) is 15.5. The number of benzene rings is 3. The van der Waals surface area contributed by atoms with Gasteiger partial charge >= 0.3 is 0 Å². The van der Waals surface area contributed by atoms with E-state index in [1.807, 2.05) is 78.9 Å². The number of aliphatic hydroxyl groups is 1. The summed E-state index contributed by atoms with van der Waals surface area (Å²) in [5.41, 5.74) is 3.22. The molecule has 0 bridgehead atoms. The van der Waals surface area contributed by atoms with Gasteiger partial charge in [-0.25, -0.2) is 0 Å². The Balaban J connectivity index is 1.57. The highest BCUT2D eigenvalue weighted by molar-refractivity contribution is 5.15. The van der Waals surface area contributed by atoms with Crippen LogP contribution in [0, 0.1) is 0 Å². The number of rotatable bonds is 24. The Hall–Kier alpha value is -2.76. The summed E-state index contributed by atoms with van der Waals surface area (Å²) < 4.78 is 18.8. The van der Waals surface area contributed by atoms with E-state index in [1.165, 1.54) is 57.8 Å². The first-order valence-electron chi connectivity index (χ1n) is 16.5. The Kier molecular flexibility index (Phi) is 18.4.